The first-order chi connectivity index (χ1) is 7.83. The average molecular weight is 231 g/mol. The average Bonchev–Trinajstić information content (AvgIpc) is 2.30. The zero-order valence-corrected chi connectivity index (χ0v) is 10.4. The molecule has 1 rings (SSSR count). The molecule has 0 unspecified atom stereocenters. The van der Waals surface area contributed by atoms with Gasteiger partial charge in [-0.1, -0.05) is 6.42 Å². The molecule has 0 aromatic rings. The monoisotopic (exact) mass is 231 g/mol. The fourth-order valence-electron chi connectivity index (χ4n) is 1.97. The van der Waals surface area contributed by atoms with Crippen molar-refractivity contribution >= 4 is 0 Å². The quantitative estimate of drug-likeness (QED) is 0.630. The SMILES string of the molecule is CCOCCOC[C@H](O)CN1CCCCC1. The van der Waals surface area contributed by atoms with Crippen LogP contribution in [0.25, 0.3) is 0 Å². The Kier molecular flexibility index (Phi) is 7.76. The number of aliphatic hydroxyl groups is 1. The maximum absolute atomic E-state index is 9.75. The Morgan fingerprint density at radius 1 is 1.12 bits per heavy atom. The van der Waals surface area contributed by atoms with Crippen molar-refractivity contribution < 1.29 is 14.6 Å². The number of β-amino-alcohol motifs (C(OH)–C–C–N with tert-alkyl or cyclic N) is 1. The first-order valence-electron chi connectivity index (χ1n) is 6.39. The molecule has 0 amide bonds. The van der Waals surface area contributed by atoms with Crippen molar-refractivity contribution in [3.63, 3.8) is 0 Å². The fourth-order valence-corrected chi connectivity index (χ4v) is 1.97. The third-order valence-electron chi connectivity index (χ3n) is 2.80. The van der Waals surface area contributed by atoms with Gasteiger partial charge in [0.2, 0.25) is 0 Å². The number of aliphatic hydroxyl groups excluding tert-OH is 1. The van der Waals surface area contributed by atoms with Crippen LogP contribution in [0.15, 0.2) is 0 Å². The summed E-state index contributed by atoms with van der Waals surface area (Å²) in [5, 5.41) is 9.75. The van der Waals surface area contributed by atoms with Gasteiger partial charge in [-0.15, -0.1) is 0 Å². The summed E-state index contributed by atoms with van der Waals surface area (Å²) in [6, 6.07) is 0. The topological polar surface area (TPSA) is 41.9 Å². The van der Waals surface area contributed by atoms with E-state index >= 15 is 0 Å². The van der Waals surface area contributed by atoms with Crippen LogP contribution >= 0.6 is 0 Å². The molecule has 0 bridgehead atoms. The smallest absolute Gasteiger partial charge is 0.0900 e. The van der Waals surface area contributed by atoms with Crippen molar-refractivity contribution in [2.75, 3.05) is 46.1 Å². The highest BCUT2D eigenvalue weighted by Gasteiger charge is 2.14. The fraction of sp³-hybridized carbons (Fsp3) is 1.00. The van der Waals surface area contributed by atoms with E-state index in [-0.39, 0.29) is 6.10 Å². The summed E-state index contributed by atoms with van der Waals surface area (Å²) in [4.78, 5) is 2.32. The van der Waals surface area contributed by atoms with Gasteiger partial charge in [0.25, 0.3) is 0 Å². The highest BCUT2D eigenvalue weighted by molar-refractivity contribution is 4.68. The molecule has 0 spiro atoms. The second-order valence-electron chi connectivity index (χ2n) is 4.29. The Hall–Kier alpha value is -0.160. The Bertz CT molecular complexity index is 160. The number of ether oxygens (including phenoxy) is 2. The number of rotatable bonds is 8. The summed E-state index contributed by atoms with van der Waals surface area (Å²) >= 11 is 0. The molecular formula is C12H25NO3. The van der Waals surface area contributed by atoms with Crippen LogP contribution in [-0.2, 0) is 9.47 Å². The van der Waals surface area contributed by atoms with E-state index < -0.39 is 0 Å². The number of nitrogens with zero attached hydrogens (tertiary/aromatic N) is 1. The molecule has 1 heterocycles. The summed E-state index contributed by atoms with van der Waals surface area (Å²) in [7, 11) is 0. The lowest BCUT2D eigenvalue weighted by Crippen LogP contribution is -2.38. The van der Waals surface area contributed by atoms with Gasteiger partial charge in [0.15, 0.2) is 0 Å². The van der Waals surface area contributed by atoms with Gasteiger partial charge < -0.3 is 19.5 Å². The van der Waals surface area contributed by atoms with Crippen molar-refractivity contribution in [1.29, 1.82) is 0 Å². The summed E-state index contributed by atoms with van der Waals surface area (Å²) in [5.41, 5.74) is 0. The van der Waals surface area contributed by atoms with Crippen LogP contribution in [-0.4, -0.2) is 62.2 Å². The number of piperidine rings is 1. The summed E-state index contributed by atoms with van der Waals surface area (Å²) in [5.74, 6) is 0. The molecule has 1 aliphatic heterocycles. The number of hydrogen-bond donors (Lipinski definition) is 1. The maximum Gasteiger partial charge on any atom is 0.0900 e. The second kappa shape index (κ2) is 8.93. The zero-order valence-electron chi connectivity index (χ0n) is 10.4. The third-order valence-corrected chi connectivity index (χ3v) is 2.80. The lowest BCUT2D eigenvalue weighted by molar-refractivity contribution is -0.00775. The molecule has 0 aromatic carbocycles. The molecule has 4 heteroatoms. The zero-order chi connectivity index (χ0) is 11.6. The van der Waals surface area contributed by atoms with Gasteiger partial charge in [-0.25, -0.2) is 0 Å². The Morgan fingerprint density at radius 3 is 2.50 bits per heavy atom. The van der Waals surface area contributed by atoms with E-state index in [1.165, 1.54) is 19.3 Å². The predicted octanol–water partition coefficient (Wildman–Crippen LogP) is 0.886. The maximum atomic E-state index is 9.75. The van der Waals surface area contributed by atoms with Gasteiger partial charge in [0, 0.05) is 13.2 Å². The summed E-state index contributed by atoms with van der Waals surface area (Å²) in [6.45, 7) is 7.28. The molecule has 0 aliphatic carbocycles. The molecule has 0 aromatic heterocycles. The molecule has 1 saturated heterocycles. The van der Waals surface area contributed by atoms with Crippen LogP contribution in [0, 0.1) is 0 Å². The Labute approximate surface area is 98.5 Å². The van der Waals surface area contributed by atoms with Crippen LogP contribution in [0.1, 0.15) is 26.2 Å². The van der Waals surface area contributed by atoms with Gasteiger partial charge in [-0.3, -0.25) is 0 Å². The van der Waals surface area contributed by atoms with Gasteiger partial charge in [0.1, 0.15) is 0 Å². The van der Waals surface area contributed by atoms with E-state index in [0.29, 0.717) is 19.8 Å². The van der Waals surface area contributed by atoms with E-state index in [4.69, 9.17) is 9.47 Å². The molecule has 96 valence electrons. The first kappa shape index (κ1) is 13.9. The van der Waals surface area contributed by atoms with Gasteiger partial charge in [0.05, 0.1) is 25.9 Å². The molecule has 1 fully saturated rings. The highest BCUT2D eigenvalue weighted by atomic mass is 16.5. The normalized spacial score (nSPS) is 19.9. The standard InChI is InChI=1S/C12H25NO3/c1-2-15-8-9-16-11-12(14)10-13-6-4-3-5-7-13/h12,14H,2-11H2,1H3/t12-/m1/s1. The van der Waals surface area contributed by atoms with Crippen LogP contribution in [0.4, 0.5) is 0 Å². The number of hydrogen-bond acceptors (Lipinski definition) is 4. The second-order valence-corrected chi connectivity index (χ2v) is 4.29. The molecule has 1 N–H and O–H groups in total. The summed E-state index contributed by atoms with van der Waals surface area (Å²) in [6.07, 6.45) is 3.49. The van der Waals surface area contributed by atoms with Crippen LogP contribution < -0.4 is 0 Å². The lowest BCUT2D eigenvalue weighted by atomic mass is 10.1. The molecule has 16 heavy (non-hydrogen) atoms. The van der Waals surface area contributed by atoms with Crippen molar-refractivity contribution in [2.45, 2.75) is 32.3 Å². The van der Waals surface area contributed by atoms with Crippen LogP contribution in [0.3, 0.4) is 0 Å². The molecular weight excluding hydrogens is 206 g/mol. The van der Waals surface area contributed by atoms with Crippen molar-refractivity contribution in [2.24, 2.45) is 0 Å². The Balaban J connectivity index is 1.95. The van der Waals surface area contributed by atoms with E-state index in [2.05, 4.69) is 4.90 Å². The van der Waals surface area contributed by atoms with Gasteiger partial charge in [-0.05, 0) is 32.9 Å². The molecule has 1 atom stereocenters. The van der Waals surface area contributed by atoms with Crippen LogP contribution in [0.2, 0.25) is 0 Å². The first-order valence-corrected chi connectivity index (χ1v) is 6.39. The van der Waals surface area contributed by atoms with Gasteiger partial charge >= 0.3 is 0 Å². The van der Waals surface area contributed by atoms with Crippen molar-refractivity contribution in [1.82, 2.24) is 4.90 Å². The van der Waals surface area contributed by atoms with Crippen molar-refractivity contribution in [3.8, 4) is 0 Å². The lowest BCUT2D eigenvalue weighted by Gasteiger charge is -2.28. The minimum Gasteiger partial charge on any atom is -0.389 e. The van der Waals surface area contributed by atoms with E-state index in [0.717, 1.165) is 26.2 Å². The predicted molar refractivity (Wildman–Crippen MR) is 63.6 cm³/mol. The Morgan fingerprint density at radius 2 is 1.81 bits per heavy atom. The summed E-state index contributed by atoms with van der Waals surface area (Å²) < 4.78 is 10.5. The van der Waals surface area contributed by atoms with E-state index in [1.807, 2.05) is 6.92 Å². The molecule has 1 aliphatic rings. The molecule has 4 nitrogen and oxygen atoms in total. The minimum absolute atomic E-state index is 0.361. The van der Waals surface area contributed by atoms with Gasteiger partial charge in [-0.2, -0.15) is 0 Å². The molecule has 0 radical (unpaired) electrons. The highest BCUT2D eigenvalue weighted by Crippen LogP contribution is 2.08. The van der Waals surface area contributed by atoms with Crippen molar-refractivity contribution in [3.05, 3.63) is 0 Å². The largest absolute Gasteiger partial charge is 0.389 e. The van der Waals surface area contributed by atoms with E-state index in [1.54, 1.807) is 0 Å². The van der Waals surface area contributed by atoms with E-state index in [9.17, 15) is 5.11 Å². The third kappa shape index (κ3) is 6.43. The van der Waals surface area contributed by atoms with Crippen LogP contribution in [0.5, 0.6) is 0 Å². The minimum atomic E-state index is -0.361. The molecule has 0 saturated carbocycles. The number of likely N-dealkylation sites (tertiary alicyclic amines) is 1.